The Kier molecular flexibility index (Phi) is 3.53. The maximum absolute atomic E-state index is 12.6. The Morgan fingerprint density at radius 3 is 2.56 bits per heavy atom. The summed E-state index contributed by atoms with van der Waals surface area (Å²) in [6, 6.07) is 0. The summed E-state index contributed by atoms with van der Waals surface area (Å²) in [5.41, 5.74) is 6.25. The van der Waals surface area contributed by atoms with Crippen molar-refractivity contribution >= 4 is 10.0 Å². The summed E-state index contributed by atoms with van der Waals surface area (Å²) in [4.78, 5) is 0.275. The number of sulfonamides is 1. The van der Waals surface area contributed by atoms with E-state index in [1.54, 1.807) is 13.8 Å². The zero-order valence-corrected chi connectivity index (χ0v) is 11.9. The molecule has 102 valence electrons. The fraction of sp³-hybridized carbons (Fsp3) is 0.667. The third-order valence-corrected chi connectivity index (χ3v) is 5.57. The van der Waals surface area contributed by atoms with Gasteiger partial charge in [-0.05, 0) is 26.2 Å². The lowest BCUT2D eigenvalue weighted by molar-refractivity contribution is 0.457. The van der Waals surface area contributed by atoms with Gasteiger partial charge in [0.15, 0.2) is 0 Å². The van der Waals surface area contributed by atoms with E-state index in [9.17, 15) is 8.42 Å². The molecule has 1 fully saturated rings. The number of hydrogen-bond acceptors (Lipinski definition) is 4. The molecule has 1 aromatic rings. The maximum atomic E-state index is 12.6. The highest BCUT2D eigenvalue weighted by Gasteiger charge is 2.35. The lowest BCUT2D eigenvalue weighted by atomic mass is 10.2. The smallest absolute Gasteiger partial charge is 0.246 e. The summed E-state index contributed by atoms with van der Waals surface area (Å²) in [6.07, 6.45) is 0.910. The van der Waals surface area contributed by atoms with Gasteiger partial charge in [0, 0.05) is 25.2 Å². The standard InChI is InChI=1S/C12H20N2O3S/c1-8-4-5-14(7-8)18(15,16)12-10(3)17-9(2)11(12)6-13/h8H,4-7,13H2,1-3H3. The van der Waals surface area contributed by atoms with Crippen LogP contribution in [-0.4, -0.2) is 25.8 Å². The second-order valence-corrected chi connectivity index (χ2v) is 6.86. The molecular formula is C12H20N2O3S. The molecule has 1 saturated heterocycles. The van der Waals surface area contributed by atoms with Gasteiger partial charge in [-0.15, -0.1) is 0 Å². The molecule has 0 spiro atoms. The Labute approximate surface area is 108 Å². The molecule has 0 bridgehead atoms. The van der Waals surface area contributed by atoms with Crippen LogP contribution in [0.4, 0.5) is 0 Å². The number of nitrogens with two attached hydrogens (primary N) is 1. The highest BCUT2D eigenvalue weighted by molar-refractivity contribution is 7.89. The predicted octanol–water partition coefficient (Wildman–Crippen LogP) is 1.39. The summed E-state index contributed by atoms with van der Waals surface area (Å²) >= 11 is 0. The van der Waals surface area contributed by atoms with Gasteiger partial charge in [0.2, 0.25) is 10.0 Å². The molecular weight excluding hydrogens is 252 g/mol. The van der Waals surface area contributed by atoms with E-state index in [2.05, 4.69) is 6.92 Å². The molecule has 2 N–H and O–H groups in total. The predicted molar refractivity (Wildman–Crippen MR) is 68.6 cm³/mol. The van der Waals surface area contributed by atoms with Crippen molar-refractivity contribution in [3.63, 3.8) is 0 Å². The number of aryl methyl sites for hydroxylation is 2. The van der Waals surface area contributed by atoms with Gasteiger partial charge < -0.3 is 10.2 Å². The van der Waals surface area contributed by atoms with Crippen LogP contribution in [0.5, 0.6) is 0 Å². The molecule has 2 heterocycles. The van der Waals surface area contributed by atoms with Gasteiger partial charge in [-0.25, -0.2) is 8.42 Å². The minimum Gasteiger partial charge on any atom is -0.465 e. The summed E-state index contributed by atoms with van der Waals surface area (Å²) in [5, 5.41) is 0. The van der Waals surface area contributed by atoms with Crippen LogP contribution in [0.25, 0.3) is 0 Å². The average Bonchev–Trinajstić information content (AvgIpc) is 2.82. The number of furan rings is 1. The highest BCUT2D eigenvalue weighted by Crippen LogP contribution is 2.31. The van der Waals surface area contributed by atoms with Crippen LogP contribution in [0.2, 0.25) is 0 Å². The van der Waals surface area contributed by atoms with Crippen LogP contribution >= 0.6 is 0 Å². The van der Waals surface area contributed by atoms with E-state index in [4.69, 9.17) is 10.2 Å². The Hall–Kier alpha value is -0.850. The van der Waals surface area contributed by atoms with Gasteiger partial charge in [-0.3, -0.25) is 0 Å². The zero-order chi connectivity index (χ0) is 13.5. The van der Waals surface area contributed by atoms with Crippen LogP contribution in [0.15, 0.2) is 9.31 Å². The molecule has 18 heavy (non-hydrogen) atoms. The van der Waals surface area contributed by atoms with E-state index < -0.39 is 10.0 Å². The molecule has 1 atom stereocenters. The third kappa shape index (κ3) is 2.08. The summed E-state index contributed by atoms with van der Waals surface area (Å²) < 4.78 is 32.2. The molecule has 0 amide bonds. The van der Waals surface area contributed by atoms with Crippen molar-refractivity contribution in [3.8, 4) is 0 Å². The lowest BCUT2D eigenvalue weighted by Crippen LogP contribution is -2.29. The van der Waals surface area contributed by atoms with E-state index in [0.717, 1.165) is 6.42 Å². The molecule has 5 nitrogen and oxygen atoms in total. The molecule has 0 aromatic carbocycles. The lowest BCUT2D eigenvalue weighted by Gasteiger charge is -2.16. The minimum absolute atomic E-state index is 0.182. The first-order chi connectivity index (χ1) is 8.37. The van der Waals surface area contributed by atoms with Crippen molar-refractivity contribution in [1.82, 2.24) is 4.31 Å². The molecule has 1 aliphatic heterocycles. The van der Waals surface area contributed by atoms with Crippen LogP contribution < -0.4 is 5.73 Å². The molecule has 1 unspecified atom stereocenters. The number of nitrogens with zero attached hydrogens (tertiary/aromatic N) is 1. The largest absolute Gasteiger partial charge is 0.465 e. The van der Waals surface area contributed by atoms with Crippen molar-refractivity contribution in [3.05, 3.63) is 17.1 Å². The number of hydrogen-bond donors (Lipinski definition) is 1. The molecule has 1 aliphatic rings. The zero-order valence-electron chi connectivity index (χ0n) is 11.1. The minimum atomic E-state index is -3.46. The van der Waals surface area contributed by atoms with Crippen LogP contribution in [-0.2, 0) is 16.6 Å². The molecule has 0 saturated carbocycles. The second kappa shape index (κ2) is 4.68. The van der Waals surface area contributed by atoms with Crippen molar-refractivity contribution in [2.45, 2.75) is 38.6 Å². The first-order valence-corrected chi connectivity index (χ1v) is 7.61. The molecule has 0 radical (unpaired) electrons. The van der Waals surface area contributed by atoms with E-state index in [1.165, 1.54) is 4.31 Å². The van der Waals surface area contributed by atoms with E-state index in [-0.39, 0.29) is 11.4 Å². The van der Waals surface area contributed by atoms with E-state index >= 15 is 0 Å². The van der Waals surface area contributed by atoms with Crippen molar-refractivity contribution in [2.75, 3.05) is 13.1 Å². The molecule has 0 aliphatic carbocycles. The van der Waals surface area contributed by atoms with Gasteiger partial charge >= 0.3 is 0 Å². The highest BCUT2D eigenvalue weighted by atomic mass is 32.2. The Morgan fingerprint density at radius 1 is 1.39 bits per heavy atom. The molecule has 1 aromatic heterocycles. The molecule has 6 heteroatoms. The Morgan fingerprint density at radius 2 is 2.06 bits per heavy atom. The van der Waals surface area contributed by atoms with Gasteiger partial charge in [-0.1, -0.05) is 6.92 Å². The fourth-order valence-corrected chi connectivity index (χ4v) is 4.52. The van der Waals surface area contributed by atoms with Gasteiger partial charge in [-0.2, -0.15) is 4.31 Å². The Balaban J connectivity index is 2.47. The topological polar surface area (TPSA) is 76.5 Å². The van der Waals surface area contributed by atoms with Crippen molar-refractivity contribution < 1.29 is 12.8 Å². The van der Waals surface area contributed by atoms with Gasteiger partial charge in [0.25, 0.3) is 0 Å². The summed E-state index contributed by atoms with van der Waals surface area (Å²) in [6.45, 7) is 6.83. The first-order valence-electron chi connectivity index (χ1n) is 6.17. The van der Waals surface area contributed by atoms with Crippen LogP contribution in [0.3, 0.4) is 0 Å². The SMILES string of the molecule is Cc1oc(C)c(S(=O)(=O)N2CCC(C)C2)c1CN. The average molecular weight is 272 g/mol. The van der Waals surface area contributed by atoms with Crippen LogP contribution in [0, 0.1) is 19.8 Å². The van der Waals surface area contributed by atoms with Gasteiger partial charge in [0.05, 0.1) is 0 Å². The monoisotopic (exact) mass is 272 g/mol. The fourth-order valence-electron chi connectivity index (χ4n) is 2.53. The number of rotatable bonds is 3. The van der Waals surface area contributed by atoms with E-state index in [1.807, 2.05) is 0 Å². The third-order valence-electron chi connectivity index (χ3n) is 3.51. The van der Waals surface area contributed by atoms with E-state index in [0.29, 0.717) is 36.1 Å². The Bertz CT molecular complexity index is 548. The normalized spacial score (nSPS) is 21.7. The van der Waals surface area contributed by atoms with Crippen molar-refractivity contribution in [1.29, 1.82) is 0 Å². The second-order valence-electron chi connectivity index (χ2n) is 4.98. The van der Waals surface area contributed by atoms with Crippen molar-refractivity contribution in [2.24, 2.45) is 11.7 Å². The molecule has 2 rings (SSSR count). The summed E-state index contributed by atoms with van der Waals surface area (Å²) in [7, 11) is -3.46. The quantitative estimate of drug-likeness (QED) is 0.902. The first kappa shape index (κ1) is 13.6. The van der Waals surface area contributed by atoms with Crippen LogP contribution in [0.1, 0.15) is 30.4 Å². The van der Waals surface area contributed by atoms with Gasteiger partial charge in [0.1, 0.15) is 16.4 Å². The summed E-state index contributed by atoms with van der Waals surface area (Å²) in [5.74, 6) is 1.45. The maximum Gasteiger partial charge on any atom is 0.246 e.